The van der Waals surface area contributed by atoms with Crippen LogP contribution in [0.2, 0.25) is 0 Å². The highest BCUT2D eigenvalue weighted by Gasteiger charge is 1.93. The van der Waals surface area contributed by atoms with Crippen LogP contribution in [0, 0.1) is 0 Å². The van der Waals surface area contributed by atoms with Gasteiger partial charge in [0, 0.05) is 5.33 Å². The van der Waals surface area contributed by atoms with Crippen molar-refractivity contribution in [3.05, 3.63) is 35.9 Å². The molecule has 1 rings (SSSR count). The van der Waals surface area contributed by atoms with Crippen LogP contribution in [0.15, 0.2) is 30.3 Å². The van der Waals surface area contributed by atoms with Gasteiger partial charge in [0.2, 0.25) is 0 Å². The molecule has 1 aromatic rings. The van der Waals surface area contributed by atoms with E-state index in [1.165, 1.54) is 49.2 Å². The molecule has 0 aromatic heterocycles. The standard InChI is InChI=1S/C14H21BrS/c15-11-6-1-2-7-12-16-13-10-14-8-4-3-5-9-14/h3-5,8-9H,1-2,6-7,10-13H2. The smallest absolute Gasteiger partial charge is 0.00313 e. The molecule has 0 nitrogen and oxygen atoms in total. The summed E-state index contributed by atoms with van der Waals surface area (Å²) < 4.78 is 0. The molecule has 0 spiro atoms. The van der Waals surface area contributed by atoms with Gasteiger partial charge in [0.1, 0.15) is 0 Å². The summed E-state index contributed by atoms with van der Waals surface area (Å²) in [5.74, 6) is 2.59. The van der Waals surface area contributed by atoms with Crippen LogP contribution in [0.1, 0.15) is 31.2 Å². The fraction of sp³-hybridized carbons (Fsp3) is 0.571. The third kappa shape index (κ3) is 7.34. The predicted octanol–water partition coefficient (Wildman–Crippen LogP) is 4.92. The highest BCUT2D eigenvalue weighted by atomic mass is 79.9. The van der Waals surface area contributed by atoms with Crippen molar-refractivity contribution in [2.75, 3.05) is 16.8 Å². The molecule has 0 unspecified atom stereocenters. The van der Waals surface area contributed by atoms with Gasteiger partial charge in [-0.25, -0.2) is 0 Å². The van der Waals surface area contributed by atoms with E-state index in [0.717, 1.165) is 5.33 Å². The molecular weight excluding hydrogens is 280 g/mol. The van der Waals surface area contributed by atoms with Gasteiger partial charge in [-0.2, -0.15) is 11.8 Å². The highest BCUT2D eigenvalue weighted by molar-refractivity contribution is 9.09. The van der Waals surface area contributed by atoms with Gasteiger partial charge in [0.25, 0.3) is 0 Å². The number of thioether (sulfide) groups is 1. The van der Waals surface area contributed by atoms with Gasteiger partial charge in [0.05, 0.1) is 0 Å². The number of rotatable bonds is 9. The lowest BCUT2D eigenvalue weighted by Gasteiger charge is -2.02. The Kier molecular flexibility index (Phi) is 9.01. The summed E-state index contributed by atoms with van der Waals surface area (Å²) >= 11 is 5.56. The number of unbranched alkanes of at least 4 members (excludes halogenated alkanes) is 3. The molecule has 0 fully saturated rings. The van der Waals surface area contributed by atoms with E-state index in [1.807, 2.05) is 0 Å². The third-order valence-electron chi connectivity index (χ3n) is 2.55. The van der Waals surface area contributed by atoms with Crippen LogP contribution < -0.4 is 0 Å². The number of hydrogen-bond donors (Lipinski definition) is 0. The first-order valence-electron chi connectivity index (χ1n) is 6.11. The molecule has 0 radical (unpaired) electrons. The molecule has 0 saturated carbocycles. The average Bonchev–Trinajstić information content (AvgIpc) is 2.34. The number of halogens is 1. The largest absolute Gasteiger partial charge is 0.162 e. The SMILES string of the molecule is BrCCCCCCSCCc1ccccc1. The van der Waals surface area contributed by atoms with Gasteiger partial charge in [-0.1, -0.05) is 59.1 Å². The molecule has 0 N–H and O–H groups in total. The molecule has 1 aromatic carbocycles. The molecule has 0 aliphatic heterocycles. The number of alkyl halides is 1. The summed E-state index contributed by atoms with van der Waals surface area (Å²) in [6.07, 6.45) is 6.70. The van der Waals surface area contributed by atoms with Gasteiger partial charge in [0.15, 0.2) is 0 Å². The van der Waals surface area contributed by atoms with Crippen molar-refractivity contribution in [1.29, 1.82) is 0 Å². The zero-order valence-electron chi connectivity index (χ0n) is 9.83. The second-order valence-electron chi connectivity index (χ2n) is 3.95. The zero-order valence-corrected chi connectivity index (χ0v) is 12.2. The second-order valence-corrected chi connectivity index (χ2v) is 5.97. The lowest BCUT2D eigenvalue weighted by Crippen LogP contribution is -1.90. The number of aryl methyl sites for hydroxylation is 1. The average molecular weight is 301 g/mol. The lowest BCUT2D eigenvalue weighted by molar-refractivity contribution is 0.713. The van der Waals surface area contributed by atoms with Gasteiger partial charge in [-0.05, 0) is 36.3 Å². The molecule has 0 atom stereocenters. The van der Waals surface area contributed by atoms with Crippen molar-refractivity contribution in [2.24, 2.45) is 0 Å². The Morgan fingerprint density at radius 1 is 0.875 bits per heavy atom. The van der Waals surface area contributed by atoms with E-state index in [1.54, 1.807) is 0 Å². The number of benzene rings is 1. The van der Waals surface area contributed by atoms with E-state index >= 15 is 0 Å². The van der Waals surface area contributed by atoms with E-state index in [-0.39, 0.29) is 0 Å². The fourth-order valence-electron chi connectivity index (χ4n) is 1.59. The minimum Gasteiger partial charge on any atom is -0.162 e. The van der Waals surface area contributed by atoms with Gasteiger partial charge in [-0.15, -0.1) is 0 Å². The summed E-state index contributed by atoms with van der Waals surface area (Å²) in [6.45, 7) is 0. The Morgan fingerprint density at radius 2 is 1.62 bits per heavy atom. The first-order chi connectivity index (χ1) is 7.93. The zero-order chi connectivity index (χ0) is 11.5. The molecule has 90 valence electrons. The summed E-state index contributed by atoms with van der Waals surface area (Å²) in [6, 6.07) is 10.8. The quantitative estimate of drug-likeness (QED) is 0.461. The van der Waals surface area contributed by atoms with Gasteiger partial charge >= 0.3 is 0 Å². The molecular formula is C14H21BrS. The molecule has 0 bridgehead atoms. The minimum atomic E-state index is 1.16. The maximum Gasteiger partial charge on any atom is 0.00313 e. The van der Waals surface area contributed by atoms with Crippen LogP contribution in [-0.4, -0.2) is 16.8 Å². The Labute approximate surface area is 112 Å². The third-order valence-corrected chi connectivity index (χ3v) is 4.18. The molecule has 0 heterocycles. The van der Waals surface area contributed by atoms with Crippen molar-refractivity contribution in [2.45, 2.75) is 32.1 Å². The summed E-state index contributed by atoms with van der Waals surface area (Å²) in [7, 11) is 0. The Bertz CT molecular complexity index is 248. The molecule has 0 aliphatic rings. The predicted molar refractivity (Wildman–Crippen MR) is 79.7 cm³/mol. The summed E-state index contributed by atoms with van der Waals surface area (Å²) in [5.41, 5.74) is 1.47. The van der Waals surface area contributed by atoms with Crippen molar-refractivity contribution in [3.8, 4) is 0 Å². The van der Waals surface area contributed by atoms with Crippen LogP contribution in [-0.2, 0) is 6.42 Å². The Hall–Kier alpha value is 0.0500. The van der Waals surface area contributed by atoms with Crippen molar-refractivity contribution >= 4 is 27.7 Å². The molecule has 16 heavy (non-hydrogen) atoms. The van der Waals surface area contributed by atoms with Crippen molar-refractivity contribution < 1.29 is 0 Å². The second kappa shape index (κ2) is 10.2. The highest BCUT2D eigenvalue weighted by Crippen LogP contribution is 2.11. The van der Waals surface area contributed by atoms with E-state index < -0.39 is 0 Å². The molecule has 0 aliphatic carbocycles. The van der Waals surface area contributed by atoms with Crippen LogP contribution in [0.3, 0.4) is 0 Å². The van der Waals surface area contributed by atoms with E-state index in [2.05, 4.69) is 58.0 Å². The first kappa shape index (κ1) is 14.1. The number of hydrogen-bond acceptors (Lipinski definition) is 1. The van der Waals surface area contributed by atoms with E-state index in [4.69, 9.17) is 0 Å². The van der Waals surface area contributed by atoms with E-state index in [9.17, 15) is 0 Å². The topological polar surface area (TPSA) is 0 Å². The van der Waals surface area contributed by atoms with Crippen LogP contribution >= 0.6 is 27.7 Å². The Morgan fingerprint density at radius 3 is 2.38 bits per heavy atom. The van der Waals surface area contributed by atoms with Crippen LogP contribution in [0.5, 0.6) is 0 Å². The Balaban J connectivity index is 1.89. The lowest BCUT2D eigenvalue weighted by atomic mass is 10.2. The fourth-order valence-corrected chi connectivity index (χ4v) is 2.98. The molecule has 2 heteroatoms. The first-order valence-corrected chi connectivity index (χ1v) is 8.39. The van der Waals surface area contributed by atoms with Crippen LogP contribution in [0.25, 0.3) is 0 Å². The van der Waals surface area contributed by atoms with Crippen LogP contribution in [0.4, 0.5) is 0 Å². The maximum atomic E-state index is 3.46. The normalized spacial score (nSPS) is 10.6. The van der Waals surface area contributed by atoms with Crippen molar-refractivity contribution in [3.63, 3.8) is 0 Å². The maximum absolute atomic E-state index is 3.46. The molecule has 0 amide bonds. The summed E-state index contributed by atoms with van der Waals surface area (Å²) in [4.78, 5) is 0. The van der Waals surface area contributed by atoms with Crippen molar-refractivity contribution in [1.82, 2.24) is 0 Å². The molecule has 0 saturated heterocycles. The monoisotopic (exact) mass is 300 g/mol. The summed E-state index contributed by atoms with van der Waals surface area (Å²) in [5, 5.41) is 1.16. The minimum absolute atomic E-state index is 1.16. The van der Waals surface area contributed by atoms with Gasteiger partial charge < -0.3 is 0 Å². The van der Waals surface area contributed by atoms with Gasteiger partial charge in [-0.3, -0.25) is 0 Å². The van der Waals surface area contributed by atoms with E-state index in [0.29, 0.717) is 0 Å².